The van der Waals surface area contributed by atoms with Gasteiger partial charge in [0.1, 0.15) is 5.75 Å². The molecule has 1 aromatic rings. The molecule has 1 N–H and O–H groups in total. The highest BCUT2D eigenvalue weighted by Crippen LogP contribution is 2.23. The summed E-state index contributed by atoms with van der Waals surface area (Å²) in [6.07, 6.45) is 0.900. The smallest absolute Gasteiger partial charge is 0.123 e. The second-order valence-electron chi connectivity index (χ2n) is 4.09. The van der Waals surface area contributed by atoms with Crippen LogP contribution in [0.15, 0.2) is 34.8 Å². The van der Waals surface area contributed by atoms with Gasteiger partial charge in [0.15, 0.2) is 0 Å². The maximum absolute atomic E-state index is 5.78. The second kappa shape index (κ2) is 7.51. The van der Waals surface area contributed by atoms with Crippen molar-refractivity contribution in [2.45, 2.75) is 26.8 Å². The molecule has 0 unspecified atom stereocenters. The molecule has 94 valence electrons. The van der Waals surface area contributed by atoms with Crippen LogP contribution in [-0.2, 0) is 6.54 Å². The molecule has 1 aromatic carbocycles. The summed E-state index contributed by atoms with van der Waals surface area (Å²) in [5.41, 5.74) is 2.33. The Bertz CT molecular complexity index is 376. The van der Waals surface area contributed by atoms with Gasteiger partial charge in [-0.3, -0.25) is 0 Å². The van der Waals surface area contributed by atoms with E-state index in [9.17, 15) is 0 Å². The molecule has 0 saturated heterocycles. The molecule has 0 aliphatic carbocycles. The quantitative estimate of drug-likeness (QED) is 0.771. The predicted molar refractivity (Wildman–Crippen MR) is 76.4 cm³/mol. The van der Waals surface area contributed by atoms with E-state index in [1.54, 1.807) is 0 Å². The van der Waals surface area contributed by atoms with E-state index in [4.69, 9.17) is 4.74 Å². The van der Waals surface area contributed by atoms with Crippen molar-refractivity contribution in [3.8, 4) is 5.75 Å². The summed E-state index contributed by atoms with van der Waals surface area (Å²) in [7, 11) is 0. The molecule has 0 amide bonds. The zero-order chi connectivity index (χ0) is 12.7. The molecule has 0 heterocycles. The van der Waals surface area contributed by atoms with E-state index in [1.165, 1.54) is 5.56 Å². The van der Waals surface area contributed by atoms with Crippen LogP contribution in [0.4, 0.5) is 0 Å². The van der Waals surface area contributed by atoms with Crippen LogP contribution in [0.5, 0.6) is 5.75 Å². The van der Waals surface area contributed by atoms with Crippen molar-refractivity contribution in [3.05, 3.63) is 40.4 Å². The van der Waals surface area contributed by atoms with Gasteiger partial charge in [0.25, 0.3) is 0 Å². The summed E-state index contributed by atoms with van der Waals surface area (Å²) >= 11 is 3.48. The molecule has 0 fully saturated rings. The molecular formula is C14H20BrNO. The molecule has 0 spiro atoms. The van der Waals surface area contributed by atoms with E-state index in [0.29, 0.717) is 6.61 Å². The molecule has 0 atom stereocenters. The number of hydrogen-bond acceptors (Lipinski definition) is 2. The van der Waals surface area contributed by atoms with Crippen LogP contribution in [0.25, 0.3) is 0 Å². The third kappa shape index (κ3) is 5.37. The highest BCUT2D eigenvalue weighted by atomic mass is 79.9. The maximum Gasteiger partial charge on any atom is 0.123 e. The van der Waals surface area contributed by atoms with Gasteiger partial charge in [0.2, 0.25) is 0 Å². The van der Waals surface area contributed by atoms with E-state index < -0.39 is 0 Å². The summed E-state index contributed by atoms with van der Waals surface area (Å²) in [6.45, 7) is 10.5. The highest BCUT2D eigenvalue weighted by molar-refractivity contribution is 9.10. The van der Waals surface area contributed by atoms with Crippen molar-refractivity contribution in [3.63, 3.8) is 0 Å². The van der Waals surface area contributed by atoms with E-state index in [-0.39, 0.29) is 0 Å². The first kappa shape index (κ1) is 14.3. The van der Waals surface area contributed by atoms with Gasteiger partial charge < -0.3 is 10.1 Å². The first-order valence-corrected chi connectivity index (χ1v) is 6.69. The molecule has 2 nitrogen and oxygen atoms in total. The topological polar surface area (TPSA) is 21.3 Å². The van der Waals surface area contributed by atoms with Crippen LogP contribution in [0, 0.1) is 0 Å². The molecule has 0 aliphatic rings. The first-order valence-electron chi connectivity index (χ1n) is 5.89. The van der Waals surface area contributed by atoms with Gasteiger partial charge in [-0.2, -0.15) is 0 Å². The molecule has 0 saturated carbocycles. The number of halogens is 1. The van der Waals surface area contributed by atoms with E-state index in [2.05, 4.69) is 40.8 Å². The Labute approximate surface area is 112 Å². The Balaban J connectivity index is 2.64. The van der Waals surface area contributed by atoms with Gasteiger partial charge in [-0.1, -0.05) is 28.4 Å². The Morgan fingerprint density at radius 3 is 2.88 bits per heavy atom. The number of nitrogens with one attached hydrogen (secondary N) is 1. The lowest BCUT2D eigenvalue weighted by atomic mass is 10.2. The third-order valence-electron chi connectivity index (χ3n) is 2.37. The van der Waals surface area contributed by atoms with Crippen molar-refractivity contribution in [1.82, 2.24) is 5.32 Å². The van der Waals surface area contributed by atoms with Crippen molar-refractivity contribution in [2.75, 3.05) is 13.2 Å². The molecule has 0 aliphatic heterocycles. The molecule has 0 bridgehead atoms. The van der Waals surface area contributed by atoms with Crippen LogP contribution in [-0.4, -0.2) is 13.2 Å². The lowest BCUT2D eigenvalue weighted by molar-refractivity contribution is 0.317. The van der Waals surface area contributed by atoms with Crippen LogP contribution in [0.3, 0.4) is 0 Å². The summed E-state index contributed by atoms with van der Waals surface area (Å²) in [4.78, 5) is 0. The minimum Gasteiger partial charge on any atom is -0.493 e. The monoisotopic (exact) mass is 297 g/mol. The van der Waals surface area contributed by atoms with Gasteiger partial charge in [-0.25, -0.2) is 0 Å². The average Bonchev–Trinajstić information content (AvgIpc) is 2.28. The van der Waals surface area contributed by atoms with Gasteiger partial charge in [0.05, 0.1) is 6.61 Å². The molecular weight excluding hydrogens is 278 g/mol. The number of rotatable bonds is 7. The van der Waals surface area contributed by atoms with Crippen LogP contribution < -0.4 is 10.1 Å². The van der Waals surface area contributed by atoms with Gasteiger partial charge in [0, 0.05) is 23.0 Å². The minimum absolute atomic E-state index is 0.691. The predicted octanol–water partition coefficient (Wildman–Crippen LogP) is 3.90. The van der Waals surface area contributed by atoms with Crippen LogP contribution in [0.2, 0.25) is 0 Å². The fraction of sp³-hybridized carbons (Fsp3) is 0.429. The Kier molecular flexibility index (Phi) is 6.30. The SMILES string of the molecule is C=C(C)CCOc1ccc(Br)cc1CNCC. The molecule has 1 rings (SSSR count). The van der Waals surface area contributed by atoms with Gasteiger partial charge in [-0.05, 0) is 31.7 Å². The van der Waals surface area contributed by atoms with Crippen LogP contribution >= 0.6 is 15.9 Å². The Morgan fingerprint density at radius 1 is 1.47 bits per heavy atom. The Morgan fingerprint density at radius 2 is 2.24 bits per heavy atom. The fourth-order valence-electron chi connectivity index (χ4n) is 1.42. The van der Waals surface area contributed by atoms with Crippen molar-refractivity contribution >= 4 is 15.9 Å². The largest absolute Gasteiger partial charge is 0.493 e. The van der Waals surface area contributed by atoms with E-state index in [1.807, 2.05) is 19.1 Å². The zero-order valence-corrected chi connectivity index (χ0v) is 12.1. The number of hydrogen-bond donors (Lipinski definition) is 1. The summed E-state index contributed by atoms with van der Waals surface area (Å²) in [5.74, 6) is 0.954. The number of benzene rings is 1. The first-order chi connectivity index (χ1) is 8.13. The summed E-state index contributed by atoms with van der Waals surface area (Å²) in [6, 6.07) is 6.11. The normalized spacial score (nSPS) is 10.3. The summed E-state index contributed by atoms with van der Waals surface area (Å²) in [5, 5.41) is 3.31. The summed E-state index contributed by atoms with van der Waals surface area (Å²) < 4.78 is 6.86. The molecule has 17 heavy (non-hydrogen) atoms. The number of ether oxygens (including phenoxy) is 1. The fourth-order valence-corrected chi connectivity index (χ4v) is 1.83. The van der Waals surface area contributed by atoms with Gasteiger partial charge in [-0.15, -0.1) is 6.58 Å². The van der Waals surface area contributed by atoms with Crippen LogP contribution in [0.1, 0.15) is 25.8 Å². The molecule has 3 heteroatoms. The highest BCUT2D eigenvalue weighted by Gasteiger charge is 2.04. The maximum atomic E-state index is 5.78. The lowest BCUT2D eigenvalue weighted by Gasteiger charge is -2.12. The Hall–Kier alpha value is -0.800. The second-order valence-corrected chi connectivity index (χ2v) is 5.00. The van der Waals surface area contributed by atoms with Crippen molar-refractivity contribution in [2.24, 2.45) is 0 Å². The minimum atomic E-state index is 0.691. The van der Waals surface area contributed by atoms with Crippen molar-refractivity contribution in [1.29, 1.82) is 0 Å². The third-order valence-corrected chi connectivity index (χ3v) is 2.87. The lowest BCUT2D eigenvalue weighted by Crippen LogP contribution is -2.13. The molecule has 0 radical (unpaired) electrons. The van der Waals surface area contributed by atoms with Gasteiger partial charge >= 0.3 is 0 Å². The average molecular weight is 298 g/mol. The van der Waals surface area contributed by atoms with E-state index >= 15 is 0 Å². The van der Waals surface area contributed by atoms with Crippen molar-refractivity contribution < 1.29 is 4.74 Å². The molecule has 0 aromatic heterocycles. The van der Waals surface area contributed by atoms with E-state index in [0.717, 1.165) is 35.3 Å². The standard InChI is InChI=1S/C14H20BrNO/c1-4-16-10-12-9-13(15)5-6-14(12)17-8-7-11(2)3/h5-6,9,16H,2,4,7-8,10H2,1,3H3. The zero-order valence-electron chi connectivity index (χ0n) is 10.6.